The predicted molar refractivity (Wildman–Crippen MR) is 74.9 cm³/mol. The summed E-state index contributed by atoms with van der Waals surface area (Å²) < 4.78 is 10.4. The van der Waals surface area contributed by atoms with Gasteiger partial charge in [-0.1, -0.05) is 6.07 Å². The van der Waals surface area contributed by atoms with E-state index in [-0.39, 0.29) is 12.4 Å². The summed E-state index contributed by atoms with van der Waals surface area (Å²) in [6.45, 7) is 0.794. The molecule has 100 valence electrons. The molecule has 0 aliphatic heterocycles. The molecule has 1 rings (SSSR count). The molecule has 0 amide bonds. The molecule has 0 atom stereocenters. The summed E-state index contributed by atoms with van der Waals surface area (Å²) in [5.41, 5.74) is 6.26. The molecule has 0 radical (unpaired) electrons. The third-order valence-corrected chi connectivity index (χ3v) is 2.89. The van der Waals surface area contributed by atoms with Crippen molar-refractivity contribution in [3.8, 4) is 5.75 Å². The smallest absolute Gasteiger partial charge is 0.309 e. The molecule has 0 aliphatic carbocycles. The second kappa shape index (κ2) is 8.69. The first kappa shape index (κ1) is 14.7. The average molecular weight is 269 g/mol. The lowest BCUT2D eigenvalue weighted by atomic mass is 10.3. The van der Waals surface area contributed by atoms with Gasteiger partial charge in [-0.15, -0.1) is 0 Å². The Morgan fingerprint density at radius 3 is 2.94 bits per heavy atom. The van der Waals surface area contributed by atoms with Crippen molar-refractivity contribution in [3.05, 3.63) is 24.3 Å². The van der Waals surface area contributed by atoms with E-state index in [1.807, 2.05) is 12.3 Å². The van der Waals surface area contributed by atoms with Crippen molar-refractivity contribution < 1.29 is 14.3 Å². The number of rotatable bonds is 8. The predicted octanol–water partition coefficient (Wildman–Crippen LogP) is 2.33. The fourth-order valence-electron chi connectivity index (χ4n) is 1.32. The summed E-state index contributed by atoms with van der Waals surface area (Å²) in [4.78, 5) is 11.3. The van der Waals surface area contributed by atoms with Crippen LogP contribution < -0.4 is 10.5 Å². The summed E-state index contributed by atoms with van der Waals surface area (Å²) >= 11 is 1.74. The van der Waals surface area contributed by atoms with Gasteiger partial charge in [0.2, 0.25) is 0 Å². The van der Waals surface area contributed by atoms with Crippen LogP contribution in [0, 0.1) is 0 Å². The largest absolute Gasteiger partial charge is 0.493 e. The van der Waals surface area contributed by atoms with Gasteiger partial charge in [-0.2, -0.15) is 11.8 Å². The molecule has 18 heavy (non-hydrogen) atoms. The second-order valence-corrected chi connectivity index (χ2v) is 4.72. The molecule has 0 bridgehead atoms. The maximum absolute atomic E-state index is 11.3. The summed E-state index contributed by atoms with van der Waals surface area (Å²) in [5.74, 6) is 1.46. The van der Waals surface area contributed by atoms with E-state index in [1.54, 1.807) is 30.0 Å². The maximum atomic E-state index is 11.3. The van der Waals surface area contributed by atoms with Crippen LogP contribution in [0.2, 0.25) is 0 Å². The van der Waals surface area contributed by atoms with Crippen molar-refractivity contribution in [2.45, 2.75) is 12.8 Å². The van der Waals surface area contributed by atoms with E-state index in [0.717, 1.165) is 12.2 Å². The second-order valence-electron chi connectivity index (χ2n) is 3.74. The van der Waals surface area contributed by atoms with Crippen molar-refractivity contribution in [2.24, 2.45) is 0 Å². The van der Waals surface area contributed by atoms with Crippen LogP contribution in [0.4, 0.5) is 5.69 Å². The third-order valence-electron chi connectivity index (χ3n) is 2.19. The highest BCUT2D eigenvalue weighted by Gasteiger charge is 2.03. The number of nitrogens with two attached hydrogens (primary N) is 1. The fraction of sp³-hybridized carbons (Fsp3) is 0.462. The number of carbonyl (C=O) groups excluding carboxylic acids is 1. The molecular formula is C13H19NO3S. The van der Waals surface area contributed by atoms with Gasteiger partial charge in [0.25, 0.3) is 0 Å². The van der Waals surface area contributed by atoms with Gasteiger partial charge in [0.15, 0.2) is 0 Å². The van der Waals surface area contributed by atoms with Crippen molar-refractivity contribution in [2.75, 3.05) is 31.0 Å². The molecule has 0 aliphatic rings. The molecule has 1 aromatic rings. The van der Waals surface area contributed by atoms with E-state index in [2.05, 4.69) is 0 Å². The average Bonchev–Trinajstić information content (AvgIpc) is 2.35. The van der Waals surface area contributed by atoms with Gasteiger partial charge in [0.05, 0.1) is 19.6 Å². The minimum absolute atomic E-state index is 0.222. The van der Waals surface area contributed by atoms with Gasteiger partial charge >= 0.3 is 5.97 Å². The topological polar surface area (TPSA) is 61.5 Å². The monoisotopic (exact) mass is 269 g/mol. The zero-order valence-corrected chi connectivity index (χ0v) is 11.4. The van der Waals surface area contributed by atoms with Crippen molar-refractivity contribution in [3.63, 3.8) is 0 Å². The van der Waals surface area contributed by atoms with Crippen LogP contribution in [0.3, 0.4) is 0 Å². The van der Waals surface area contributed by atoms with Gasteiger partial charge in [-0.25, -0.2) is 0 Å². The third kappa shape index (κ3) is 6.39. The first-order chi connectivity index (χ1) is 8.72. The Bertz CT molecular complexity index is 371. The van der Waals surface area contributed by atoms with E-state index in [9.17, 15) is 4.79 Å². The Morgan fingerprint density at radius 2 is 2.22 bits per heavy atom. The van der Waals surface area contributed by atoms with Crippen LogP contribution >= 0.6 is 11.8 Å². The Labute approximate surface area is 112 Å². The van der Waals surface area contributed by atoms with Crippen LogP contribution in [-0.2, 0) is 9.53 Å². The highest BCUT2D eigenvalue weighted by Crippen LogP contribution is 2.14. The lowest BCUT2D eigenvalue weighted by Crippen LogP contribution is -2.11. The molecule has 0 fully saturated rings. The van der Waals surface area contributed by atoms with Crippen LogP contribution in [0.5, 0.6) is 5.75 Å². The first-order valence-corrected chi connectivity index (χ1v) is 7.24. The zero-order chi connectivity index (χ0) is 13.2. The van der Waals surface area contributed by atoms with Gasteiger partial charge < -0.3 is 15.2 Å². The molecule has 2 N–H and O–H groups in total. The SMILES string of the molecule is CSCCCOC(=O)CCOc1cccc(N)c1. The van der Waals surface area contributed by atoms with E-state index in [1.165, 1.54) is 0 Å². The normalized spacial score (nSPS) is 10.1. The number of benzene rings is 1. The Morgan fingerprint density at radius 1 is 1.39 bits per heavy atom. The van der Waals surface area contributed by atoms with Crippen LogP contribution in [-0.4, -0.2) is 31.2 Å². The molecule has 0 heterocycles. The van der Waals surface area contributed by atoms with E-state index in [0.29, 0.717) is 24.7 Å². The minimum atomic E-state index is -0.222. The van der Waals surface area contributed by atoms with Gasteiger partial charge in [-0.05, 0) is 30.6 Å². The Hall–Kier alpha value is -1.36. The maximum Gasteiger partial charge on any atom is 0.309 e. The number of anilines is 1. The first-order valence-electron chi connectivity index (χ1n) is 5.85. The number of carbonyl (C=O) groups is 1. The number of nitrogen functional groups attached to an aromatic ring is 1. The molecule has 0 spiro atoms. The number of ether oxygens (including phenoxy) is 2. The van der Waals surface area contributed by atoms with E-state index in [4.69, 9.17) is 15.2 Å². The molecule has 0 unspecified atom stereocenters. The van der Waals surface area contributed by atoms with Crippen molar-refractivity contribution in [1.82, 2.24) is 0 Å². The van der Waals surface area contributed by atoms with Crippen LogP contribution in [0.25, 0.3) is 0 Å². The summed E-state index contributed by atoms with van der Waals surface area (Å²) in [6, 6.07) is 7.13. The minimum Gasteiger partial charge on any atom is -0.493 e. The Balaban J connectivity index is 2.12. The van der Waals surface area contributed by atoms with Crippen molar-refractivity contribution >= 4 is 23.4 Å². The number of hydrogen-bond acceptors (Lipinski definition) is 5. The molecule has 0 saturated heterocycles. The summed E-state index contributed by atoms with van der Waals surface area (Å²) in [7, 11) is 0. The molecule has 0 saturated carbocycles. The fourth-order valence-corrected chi connectivity index (χ4v) is 1.72. The highest BCUT2D eigenvalue weighted by atomic mass is 32.2. The zero-order valence-electron chi connectivity index (χ0n) is 10.6. The van der Waals surface area contributed by atoms with E-state index >= 15 is 0 Å². The number of thioether (sulfide) groups is 1. The lowest BCUT2D eigenvalue weighted by Gasteiger charge is -2.07. The standard InChI is InChI=1S/C13H19NO3S/c1-18-9-3-7-17-13(15)6-8-16-12-5-2-4-11(14)10-12/h2,4-5,10H,3,6-9,14H2,1H3. The lowest BCUT2D eigenvalue weighted by molar-refractivity contribution is -0.144. The number of esters is 1. The molecular weight excluding hydrogens is 250 g/mol. The summed E-state index contributed by atoms with van der Waals surface area (Å²) in [5, 5.41) is 0. The molecule has 5 heteroatoms. The van der Waals surface area contributed by atoms with Gasteiger partial charge in [0.1, 0.15) is 5.75 Å². The van der Waals surface area contributed by atoms with Crippen LogP contribution in [0.15, 0.2) is 24.3 Å². The molecule has 1 aromatic carbocycles. The molecule has 0 aromatic heterocycles. The summed E-state index contributed by atoms with van der Waals surface area (Å²) in [6.07, 6.45) is 3.18. The number of hydrogen-bond donors (Lipinski definition) is 1. The highest BCUT2D eigenvalue weighted by molar-refractivity contribution is 7.98. The van der Waals surface area contributed by atoms with E-state index < -0.39 is 0 Å². The van der Waals surface area contributed by atoms with Crippen LogP contribution in [0.1, 0.15) is 12.8 Å². The quantitative estimate of drug-likeness (QED) is 0.446. The molecule has 4 nitrogen and oxygen atoms in total. The Kier molecular flexibility index (Phi) is 7.10. The van der Waals surface area contributed by atoms with Crippen molar-refractivity contribution in [1.29, 1.82) is 0 Å². The van der Waals surface area contributed by atoms with Gasteiger partial charge in [0, 0.05) is 11.8 Å². The van der Waals surface area contributed by atoms with Gasteiger partial charge in [-0.3, -0.25) is 4.79 Å².